The molecule has 0 aliphatic carbocycles. The van der Waals surface area contributed by atoms with Crippen molar-refractivity contribution in [2.75, 3.05) is 13.7 Å². The highest BCUT2D eigenvalue weighted by Gasteiger charge is 2.16. The minimum absolute atomic E-state index is 0. The van der Waals surface area contributed by atoms with Crippen LogP contribution in [0.15, 0.2) is 18.2 Å². The van der Waals surface area contributed by atoms with Crippen LogP contribution in [0.1, 0.15) is 38.2 Å². The van der Waals surface area contributed by atoms with Gasteiger partial charge in [-0.05, 0) is 37.3 Å². The molecule has 120 valence electrons. The van der Waals surface area contributed by atoms with Crippen molar-refractivity contribution in [2.45, 2.75) is 51.4 Å². The lowest BCUT2D eigenvalue weighted by Gasteiger charge is -2.24. The van der Waals surface area contributed by atoms with E-state index in [1.165, 1.54) is 0 Å². The molecule has 0 radical (unpaired) electrons. The summed E-state index contributed by atoms with van der Waals surface area (Å²) in [7, 11) is 1.68. The van der Waals surface area contributed by atoms with Gasteiger partial charge in [0.2, 0.25) is 0 Å². The van der Waals surface area contributed by atoms with Crippen LogP contribution in [0.4, 0.5) is 0 Å². The van der Waals surface area contributed by atoms with Crippen molar-refractivity contribution in [1.82, 2.24) is 0 Å². The van der Waals surface area contributed by atoms with E-state index in [1.807, 2.05) is 18.2 Å². The van der Waals surface area contributed by atoms with Gasteiger partial charge in [-0.2, -0.15) is 0 Å². The Labute approximate surface area is 133 Å². The van der Waals surface area contributed by atoms with Gasteiger partial charge < -0.3 is 19.9 Å². The molecule has 1 saturated heterocycles. The van der Waals surface area contributed by atoms with E-state index in [0.29, 0.717) is 0 Å². The van der Waals surface area contributed by atoms with Gasteiger partial charge in [0.25, 0.3) is 0 Å². The molecule has 1 aromatic carbocycles. The molecule has 1 aromatic rings. The highest BCUT2D eigenvalue weighted by atomic mass is 35.5. The Hall–Kier alpha value is -0.970. The maximum Gasteiger partial charge on any atom is 0.199 e. The monoisotopic (exact) mass is 315 g/mol. The standard InChI is InChI=1S/C16H25NO3.ClH/c1-3-13(17)10-12-7-8-14(11-15(12)18-2)20-16-6-4-5-9-19-16;/h7-8,11,13,16H,3-6,9-10,17H2,1-2H3;1H. The van der Waals surface area contributed by atoms with Crippen LogP contribution in [-0.4, -0.2) is 26.0 Å². The number of hydrogen-bond acceptors (Lipinski definition) is 4. The third-order valence-electron chi connectivity index (χ3n) is 3.67. The zero-order chi connectivity index (χ0) is 14.4. The average molecular weight is 316 g/mol. The lowest BCUT2D eigenvalue weighted by atomic mass is 10.0. The van der Waals surface area contributed by atoms with Crippen LogP contribution in [0.3, 0.4) is 0 Å². The predicted molar refractivity (Wildman–Crippen MR) is 86.4 cm³/mol. The molecule has 1 aliphatic heterocycles. The quantitative estimate of drug-likeness (QED) is 0.875. The Morgan fingerprint density at radius 2 is 2.19 bits per heavy atom. The van der Waals surface area contributed by atoms with Crippen molar-refractivity contribution in [3.05, 3.63) is 23.8 Å². The Kier molecular flexibility index (Phi) is 7.86. The molecule has 21 heavy (non-hydrogen) atoms. The van der Waals surface area contributed by atoms with E-state index in [2.05, 4.69) is 6.92 Å². The fourth-order valence-corrected chi connectivity index (χ4v) is 2.35. The van der Waals surface area contributed by atoms with Gasteiger partial charge in [0.05, 0.1) is 13.7 Å². The second kappa shape index (κ2) is 9.13. The van der Waals surface area contributed by atoms with E-state index >= 15 is 0 Å². The summed E-state index contributed by atoms with van der Waals surface area (Å²) in [6.45, 7) is 2.88. The first-order chi connectivity index (χ1) is 9.72. The molecule has 5 heteroatoms. The molecular weight excluding hydrogens is 290 g/mol. The maximum absolute atomic E-state index is 6.01. The molecule has 0 aromatic heterocycles. The molecule has 4 nitrogen and oxygen atoms in total. The third-order valence-corrected chi connectivity index (χ3v) is 3.67. The van der Waals surface area contributed by atoms with Crippen LogP contribution < -0.4 is 15.2 Å². The number of rotatable bonds is 6. The second-order valence-corrected chi connectivity index (χ2v) is 5.26. The number of methoxy groups -OCH3 is 1. The Bertz CT molecular complexity index is 422. The zero-order valence-corrected chi connectivity index (χ0v) is 13.7. The molecule has 2 atom stereocenters. The summed E-state index contributed by atoms with van der Waals surface area (Å²) < 4.78 is 16.9. The first-order valence-corrected chi connectivity index (χ1v) is 7.43. The smallest absolute Gasteiger partial charge is 0.199 e. The van der Waals surface area contributed by atoms with Gasteiger partial charge in [-0.3, -0.25) is 0 Å². The van der Waals surface area contributed by atoms with Crippen LogP contribution in [-0.2, 0) is 11.2 Å². The van der Waals surface area contributed by atoms with E-state index in [-0.39, 0.29) is 24.7 Å². The SMILES string of the molecule is CCC(N)Cc1ccc(OC2CCCCO2)cc1OC.Cl. The molecule has 0 saturated carbocycles. The molecule has 0 bridgehead atoms. The van der Waals surface area contributed by atoms with Crippen LogP contribution in [0, 0.1) is 0 Å². The molecule has 2 N–H and O–H groups in total. The Morgan fingerprint density at radius 1 is 1.38 bits per heavy atom. The van der Waals surface area contributed by atoms with E-state index in [1.54, 1.807) is 7.11 Å². The van der Waals surface area contributed by atoms with Crippen LogP contribution >= 0.6 is 12.4 Å². The summed E-state index contributed by atoms with van der Waals surface area (Å²) in [4.78, 5) is 0. The van der Waals surface area contributed by atoms with E-state index < -0.39 is 0 Å². The van der Waals surface area contributed by atoms with E-state index in [4.69, 9.17) is 19.9 Å². The van der Waals surface area contributed by atoms with Crippen LogP contribution in [0.5, 0.6) is 11.5 Å². The lowest BCUT2D eigenvalue weighted by Crippen LogP contribution is -2.25. The van der Waals surface area contributed by atoms with Crippen LogP contribution in [0.25, 0.3) is 0 Å². The number of halogens is 1. The van der Waals surface area contributed by atoms with Crippen molar-refractivity contribution in [3.63, 3.8) is 0 Å². The topological polar surface area (TPSA) is 53.7 Å². The molecule has 0 amide bonds. The van der Waals surface area contributed by atoms with Gasteiger partial charge >= 0.3 is 0 Å². The van der Waals surface area contributed by atoms with Gasteiger partial charge in [-0.15, -0.1) is 12.4 Å². The maximum atomic E-state index is 6.01. The van der Waals surface area contributed by atoms with Gasteiger partial charge in [-0.25, -0.2) is 0 Å². The molecule has 1 fully saturated rings. The number of ether oxygens (including phenoxy) is 3. The zero-order valence-electron chi connectivity index (χ0n) is 12.8. The summed E-state index contributed by atoms with van der Waals surface area (Å²) in [5, 5.41) is 0. The number of hydrogen-bond donors (Lipinski definition) is 1. The predicted octanol–water partition coefficient (Wildman–Crippen LogP) is 3.30. The van der Waals surface area contributed by atoms with Crippen LogP contribution in [0.2, 0.25) is 0 Å². The van der Waals surface area contributed by atoms with E-state index in [0.717, 1.165) is 55.8 Å². The highest BCUT2D eigenvalue weighted by Crippen LogP contribution is 2.28. The summed E-state index contributed by atoms with van der Waals surface area (Å²) in [5.41, 5.74) is 7.13. The fraction of sp³-hybridized carbons (Fsp3) is 0.625. The third kappa shape index (κ3) is 5.38. The Balaban J connectivity index is 0.00000220. The van der Waals surface area contributed by atoms with Crippen molar-refractivity contribution >= 4 is 12.4 Å². The Morgan fingerprint density at radius 3 is 2.81 bits per heavy atom. The first kappa shape index (κ1) is 18.1. The van der Waals surface area contributed by atoms with Crippen molar-refractivity contribution < 1.29 is 14.2 Å². The first-order valence-electron chi connectivity index (χ1n) is 7.43. The van der Waals surface area contributed by atoms with Crippen molar-refractivity contribution in [2.24, 2.45) is 5.73 Å². The molecule has 0 spiro atoms. The summed E-state index contributed by atoms with van der Waals surface area (Å²) in [5.74, 6) is 1.63. The molecule has 1 aliphatic rings. The van der Waals surface area contributed by atoms with E-state index in [9.17, 15) is 0 Å². The summed E-state index contributed by atoms with van der Waals surface area (Å²) in [6.07, 6.45) is 4.88. The largest absolute Gasteiger partial charge is 0.496 e. The summed E-state index contributed by atoms with van der Waals surface area (Å²) >= 11 is 0. The lowest BCUT2D eigenvalue weighted by molar-refractivity contribution is -0.105. The number of nitrogens with two attached hydrogens (primary N) is 1. The molecule has 2 rings (SSSR count). The molecule has 2 unspecified atom stereocenters. The minimum atomic E-state index is -0.128. The molecular formula is C16H26ClNO3. The molecule has 1 heterocycles. The van der Waals surface area contributed by atoms with Gasteiger partial charge in [-0.1, -0.05) is 13.0 Å². The average Bonchev–Trinajstić information content (AvgIpc) is 2.49. The van der Waals surface area contributed by atoms with Crippen molar-refractivity contribution in [1.29, 1.82) is 0 Å². The van der Waals surface area contributed by atoms with Gasteiger partial charge in [0.1, 0.15) is 11.5 Å². The second-order valence-electron chi connectivity index (χ2n) is 5.26. The van der Waals surface area contributed by atoms with Gasteiger partial charge in [0, 0.05) is 18.5 Å². The highest BCUT2D eigenvalue weighted by molar-refractivity contribution is 5.85. The number of benzene rings is 1. The van der Waals surface area contributed by atoms with Crippen molar-refractivity contribution in [3.8, 4) is 11.5 Å². The fourth-order valence-electron chi connectivity index (χ4n) is 2.35. The van der Waals surface area contributed by atoms with Gasteiger partial charge in [0.15, 0.2) is 6.29 Å². The normalized spacial score (nSPS) is 19.5. The minimum Gasteiger partial charge on any atom is -0.496 e. The summed E-state index contributed by atoms with van der Waals surface area (Å²) in [6, 6.07) is 6.10.